The van der Waals surface area contributed by atoms with Crippen molar-refractivity contribution in [1.29, 1.82) is 0 Å². The monoisotopic (exact) mass is 280 g/mol. The van der Waals surface area contributed by atoms with Gasteiger partial charge in [-0.05, 0) is 39.8 Å². The third-order valence-electron chi connectivity index (χ3n) is 3.80. The molecule has 2 heterocycles. The van der Waals surface area contributed by atoms with Gasteiger partial charge in [0.25, 0.3) is 0 Å². The summed E-state index contributed by atoms with van der Waals surface area (Å²) in [4.78, 5) is 14.3. The number of hydrogen-bond acceptors (Lipinski definition) is 4. The largest absolute Gasteiger partial charge is 0.337 e. The maximum absolute atomic E-state index is 11.9. The van der Waals surface area contributed by atoms with Crippen LogP contribution in [0.5, 0.6) is 0 Å². The maximum Gasteiger partial charge on any atom is 0.315 e. The number of amides is 2. The summed E-state index contributed by atoms with van der Waals surface area (Å²) in [6.07, 6.45) is 4.15. The minimum Gasteiger partial charge on any atom is -0.337 e. The molecule has 2 N–H and O–H groups in total. The van der Waals surface area contributed by atoms with E-state index in [1.54, 1.807) is 10.9 Å². The summed E-state index contributed by atoms with van der Waals surface area (Å²) in [5.74, 6) is 0.743. The van der Waals surface area contributed by atoms with Crippen LogP contribution in [0.4, 0.5) is 4.79 Å². The van der Waals surface area contributed by atoms with Crippen LogP contribution in [0.3, 0.4) is 0 Å². The number of carbonyl (C=O) groups is 1. The summed E-state index contributed by atoms with van der Waals surface area (Å²) in [5, 5.41) is 13.6. The molecule has 1 aliphatic rings. The second-order valence-corrected chi connectivity index (χ2v) is 5.47. The summed E-state index contributed by atoms with van der Waals surface area (Å²) < 4.78 is 1.80. The van der Waals surface area contributed by atoms with Crippen molar-refractivity contribution in [1.82, 2.24) is 30.3 Å². The third-order valence-corrected chi connectivity index (χ3v) is 3.80. The Morgan fingerprint density at radius 3 is 2.70 bits per heavy atom. The molecule has 1 saturated heterocycles. The molecule has 20 heavy (non-hydrogen) atoms. The number of rotatable bonds is 5. The van der Waals surface area contributed by atoms with Crippen molar-refractivity contribution in [2.24, 2.45) is 7.05 Å². The van der Waals surface area contributed by atoms with Gasteiger partial charge in [-0.25, -0.2) is 4.79 Å². The maximum atomic E-state index is 11.9. The van der Waals surface area contributed by atoms with Gasteiger partial charge in [0.2, 0.25) is 0 Å². The first-order valence-corrected chi connectivity index (χ1v) is 7.20. The van der Waals surface area contributed by atoms with Crippen LogP contribution in [-0.4, -0.2) is 51.4 Å². The highest BCUT2D eigenvalue weighted by Crippen LogP contribution is 2.11. The van der Waals surface area contributed by atoms with Crippen LogP contribution in [0.2, 0.25) is 0 Å². The van der Waals surface area contributed by atoms with E-state index in [9.17, 15) is 4.79 Å². The first kappa shape index (κ1) is 14.8. The fourth-order valence-electron chi connectivity index (χ4n) is 2.55. The van der Waals surface area contributed by atoms with Gasteiger partial charge in [-0.3, -0.25) is 4.90 Å². The van der Waals surface area contributed by atoms with Gasteiger partial charge in [0.1, 0.15) is 6.33 Å². The van der Waals surface area contributed by atoms with Crippen LogP contribution in [0.1, 0.15) is 38.6 Å². The third kappa shape index (κ3) is 3.69. The number of likely N-dealkylation sites (tertiary alicyclic amines) is 1. The van der Waals surface area contributed by atoms with E-state index in [-0.39, 0.29) is 12.1 Å². The molecule has 7 heteroatoms. The first-order valence-electron chi connectivity index (χ1n) is 7.20. The highest BCUT2D eigenvalue weighted by Gasteiger charge is 2.19. The molecule has 0 spiro atoms. The molecule has 7 nitrogen and oxygen atoms in total. The van der Waals surface area contributed by atoms with Crippen molar-refractivity contribution in [2.45, 2.75) is 38.8 Å². The Hall–Kier alpha value is -1.63. The Morgan fingerprint density at radius 1 is 1.40 bits per heavy atom. The van der Waals surface area contributed by atoms with Gasteiger partial charge in [-0.15, -0.1) is 10.2 Å². The molecule has 0 radical (unpaired) electrons. The van der Waals surface area contributed by atoms with Crippen molar-refractivity contribution >= 4 is 6.03 Å². The highest BCUT2D eigenvalue weighted by atomic mass is 16.2. The lowest BCUT2D eigenvalue weighted by Crippen LogP contribution is -2.45. The fourth-order valence-corrected chi connectivity index (χ4v) is 2.55. The van der Waals surface area contributed by atoms with Crippen LogP contribution in [0, 0.1) is 0 Å². The smallest absolute Gasteiger partial charge is 0.315 e. The van der Waals surface area contributed by atoms with E-state index in [1.807, 2.05) is 14.0 Å². The van der Waals surface area contributed by atoms with Gasteiger partial charge >= 0.3 is 6.03 Å². The lowest BCUT2D eigenvalue weighted by Gasteiger charge is -2.24. The number of aryl methyl sites for hydroxylation is 1. The zero-order valence-corrected chi connectivity index (χ0v) is 12.5. The van der Waals surface area contributed by atoms with E-state index >= 15 is 0 Å². The Kier molecular flexibility index (Phi) is 4.94. The van der Waals surface area contributed by atoms with Crippen molar-refractivity contribution in [2.75, 3.05) is 19.6 Å². The number of hydrogen-bond donors (Lipinski definition) is 2. The molecule has 1 aromatic heterocycles. The summed E-state index contributed by atoms with van der Waals surface area (Å²) in [6.45, 7) is 6.99. The van der Waals surface area contributed by atoms with Gasteiger partial charge in [0.05, 0.1) is 6.04 Å². The highest BCUT2D eigenvalue weighted by molar-refractivity contribution is 5.74. The normalized spacial score (nSPS) is 18.8. The standard InChI is InChI=1S/C13H24N6O/c1-10(19-6-4-5-7-19)8-14-13(20)16-11(2)12-17-15-9-18(12)3/h9-11H,4-8H2,1-3H3,(H2,14,16,20)/t10-,11+/m0/s1. The Morgan fingerprint density at radius 2 is 2.10 bits per heavy atom. The molecule has 1 fully saturated rings. The zero-order chi connectivity index (χ0) is 14.5. The topological polar surface area (TPSA) is 75.1 Å². The second-order valence-electron chi connectivity index (χ2n) is 5.47. The van der Waals surface area contributed by atoms with Crippen LogP contribution in [0.25, 0.3) is 0 Å². The summed E-state index contributed by atoms with van der Waals surface area (Å²) in [6, 6.07) is 0.0597. The molecule has 2 rings (SSSR count). The fraction of sp³-hybridized carbons (Fsp3) is 0.769. The SMILES string of the molecule is C[C@@H](NC(=O)NC[C@H](C)N1CCCC1)c1nncn1C. The molecule has 2 atom stereocenters. The van der Waals surface area contributed by atoms with Gasteiger partial charge in [0, 0.05) is 19.6 Å². The van der Waals surface area contributed by atoms with E-state index in [0.717, 1.165) is 18.9 Å². The van der Waals surface area contributed by atoms with E-state index in [1.165, 1.54) is 12.8 Å². The molecule has 0 bridgehead atoms. The molecule has 1 aliphatic heterocycles. The van der Waals surface area contributed by atoms with E-state index in [2.05, 4.69) is 32.7 Å². The van der Waals surface area contributed by atoms with Crippen molar-refractivity contribution < 1.29 is 4.79 Å². The number of urea groups is 1. The Labute approximate surface area is 119 Å². The summed E-state index contributed by atoms with van der Waals surface area (Å²) >= 11 is 0. The van der Waals surface area contributed by atoms with Crippen LogP contribution < -0.4 is 10.6 Å². The minimum absolute atomic E-state index is 0.161. The first-order chi connectivity index (χ1) is 9.58. The number of nitrogens with one attached hydrogen (secondary N) is 2. The lowest BCUT2D eigenvalue weighted by molar-refractivity contribution is 0.223. The van der Waals surface area contributed by atoms with Gasteiger partial charge < -0.3 is 15.2 Å². The molecule has 2 amide bonds. The molecule has 0 aromatic carbocycles. The summed E-state index contributed by atoms with van der Waals surface area (Å²) in [7, 11) is 1.86. The van der Waals surface area contributed by atoms with Crippen LogP contribution in [0.15, 0.2) is 6.33 Å². The van der Waals surface area contributed by atoms with Crippen molar-refractivity contribution in [3.8, 4) is 0 Å². The quantitative estimate of drug-likeness (QED) is 0.831. The molecule has 0 unspecified atom stereocenters. The number of nitrogens with zero attached hydrogens (tertiary/aromatic N) is 4. The average molecular weight is 280 g/mol. The van der Waals surface area contributed by atoms with Gasteiger partial charge in [-0.2, -0.15) is 0 Å². The van der Waals surface area contributed by atoms with Crippen LogP contribution >= 0.6 is 0 Å². The molecule has 0 saturated carbocycles. The van der Waals surface area contributed by atoms with E-state index < -0.39 is 0 Å². The Bertz CT molecular complexity index is 440. The predicted octanol–water partition coefficient (Wildman–Crippen LogP) is 0.660. The molecule has 112 valence electrons. The molecular weight excluding hydrogens is 256 g/mol. The number of aromatic nitrogens is 3. The average Bonchev–Trinajstić information content (AvgIpc) is 3.06. The molecule has 0 aliphatic carbocycles. The van der Waals surface area contributed by atoms with Crippen LogP contribution in [-0.2, 0) is 7.05 Å². The van der Waals surface area contributed by atoms with Gasteiger partial charge in [-0.1, -0.05) is 0 Å². The predicted molar refractivity (Wildman–Crippen MR) is 76.2 cm³/mol. The molecule has 1 aromatic rings. The van der Waals surface area contributed by atoms with Crippen molar-refractivity contribution in [3.05, 3.63) is 12.2 Å². The number of carbonyl (C=O) groups excluding carboxylic acids is 1. The lowest BCUT2D eigenvalue weighted by atomic mass is 10.3. The summed E-state index contributed by atoms with van der Waals surface area (Å²) in [5.41, 5.74) is 0. The van der Waals surface area contributed by atoms with E-state index in [0.29, 0.717) is 12.6 Å². The van der Waals surface area contributed by atoms with Crippen molar-refractivity contribution in [3.63, 3.8) is 0 Å². The minimum atomic E-state index is -0.162. The zero-order valence-electron chi connectivity index (χ0n) is 12.5. The Balaban J connectivity index is 1.73. The second kappa shape index (κ2) is 6.69. The van der Waals surface area contributed by atoms with E-state index in [4.69, 9.17) is 0 Å². The van der Waals surface area contributed by atoms with Gasteiger partial charge in [0.15, 0.2) is 5.82 Å². The molecular formula is C13H24N6O.